The summed E-state index contributed by atoms with van der Waals surface area (Å²) in [6.07, 6.45) is 0. The fourth-order valence-electron chi connectivity index (χ4n) is 1.35. The van der Waals surface area contributed by atoms with Gasteiger partial charge in [-0.15, -0.1) is 11.3 Å². The number of hydrogen-bond acceptors (Lipinski definition) is 2. The number of carbonyl (C=O) groups excluding carboxylic acids is 1. The van der Waals surface area contributed by atoms with Crippen molar-refractivity contribution >= 4 is 60.7 Å². The van der Waals surface area contributed by atoms with E-state index in [1.165, 1.54) is 0 Å². The second-order valence-electron chi connectivity index (χ2n) is 3.54. The number of benzene rings is 1. The van der Waals surface area contributed by atoms with Crippen LogP contribution in [0.2, 0.25) is 5.02 Å². The minimum Gasteiger partial charge on any atom is -0.347 e. The van der Waals surface area contributed by atoms with Crippen molar-refractivity contribution in [3.8, 4) is 0 Å². The number of hydrogen-bond donors (Lipinski definition) is 1. The van der Waals surface area contributed by atoms with Gasteiger partial charge in [-0.2, -0.15) is 0 Å². The van der Waals surface area contributed by atoms with Crippen molar-refractivity contribution in [2.24, 2.45) is 0 Å². The quantitative estimate of drug-likeness (QED) is 0.771. The van der Waals surface area contributed by atoms with Crippen molar-refractivity contribution in [2.45, 2.75) is 6.54 Å². The van der Waals surface area contributed by atoms with Crippen LogP contribution in [0.5, 0.6) is 0 Å². The monoisotopic (exact) mass is 407 g/mol. The summed E-state index contributed by atoms with van der Waals surface area (Å²) in [5.74, 6) is -0.114. The number of nitrogens with one attached hydrogen (secondary N) is 1. The molecule has 0 aliphatic heterocycles. The Morgan fingerprint density at radius 2 is 2.11 bits per heavy atom. The molecular weight excluding hydrogens is 401 g/mol. The van der Waals surface area contributed by atoms with Crippen LogP contribution in [-0.4, -0.2) is 5.91 Å². The predicted octanol–water partition coefficient (Wildman–Crippen LogP) is 4.86. The summed E-state index contributed by atoms with van der Waals surface area (Å²) in [5, 5.41) is 5.44. The van der Waals surface area contributed by atoms with Crippen molar-refractivity contribution in [1.82, 2.24) is 5.32 Å². The van der Waals surface area contributed by atoms with Crippen LogP contribution < -0.4 is 5.32 Å². The molecule has 0 spiro atoms. The smallest absolute Gasteiger partial charge is 0.251 e. The molecule has 0 fully saturated rings. The molecule has 0 unspecified atom stereocenters. The van der Waals surface area contributed by atoms with Crippen LogP contribution in [0, 0.1) is 0 Å². The SMILES string of the molecule is O=C(NCc1cc(Br)cs1)c1ccc(Cl)c(Br)c1. The van der Waals surface area contributed by atoms with Gasteiger partial charge >= 0.3 is 0 Å². The van der Waals surface area contributed by atoms with Crippen LogP contribution in [0.1, 0.15) is 15.2 Å². The summed E-state index contributed by atoms with van der Waals surface area (Å²) in [7, 11) is 0. The largest absolute Gasteiger partial charge is 0.347 e. The second-order valence-corrected chi connectivity index (χ2v) is 6.72. The van der Waals surface area contributed by atoms with Crippen LogP contribution >= 0.6 is 54.8 Å². The molecule has 2 nitrogen and oxygen atoms in total. The molecule has 0 saturated heterocycles. The molecular formula is C12H8Br2ClNOS. The van der Waals surface area contributed by atoms with Crippen LogP contribution in [0.25, 0.3) is 0 Å². The lowest BCUT2D eigenvalue weighted by Gasteiger charge is -2.04. The highest BCUT2D eigenvalue weighted by Gasteiger charge is 2.08. The van der Waals surface area contributed by atoms with Gasteiger partial charge < -0.3 is 5.32 Å². The van der Waals surface area contributed by atoms with Gasteiger partial charge in [0.15, 0.2) is 0 Å². The fraction of sp³-hybridized carbons (Fsp3) is 0.0833. The van der Waals surface area contributed by atoms with Gasteiger partial charge in [-0.25, -0.2) is 0 Å². The van der Waals surface area contributed by atoms with Crippen molar-refractivity contribution in [2.75, 3.05) is 0 Å². The maximum Gasteiger partial charge on any atom is 0.251 e. The van der Waals surface area contributed by atoms with E-state index in [9.17, 15) is 4.79 Å². The van der Waals surface area contributed by atoms with Crippen molar-refractivity contribution in [3.05, 3.63) is 54.1 Å². The van der Waals surface area contributed by atoms with E-state index in [1.54, 1.807) is 29.5 Å². The summed E-state index contributed by atoms with van der Waals surface area (Å²) in [6.45, 7) is 0.523. The number of amides is 1. The van der Waals surface area contributed by atoms with E-state index in [4.69, 9.17) is 11.6 Å². The van der Waals surface area contributed by atoms with Gasteiger partial charge in [0.2, 0.25) is 0 Å². The zero-order chi connectivity index (χ0) is 13.1. The Kier molecular flexibility index (Phi) is 4.84. The molecule has 0 atom stereocenters. The Morgan fingerprint density at radius 1 is 1.33 bits per heavy atom. The average molecular weight is 410 g/mol. The molecule has 0 radical (unpaired) electrons. The molecule has 1 N–H and O–H groups in total. The number of carbonyl (C=O) groups is 1. The molecule has 2 aromatic rings. The summed E-state index contributed by atoms with van der Waals surface area (Å²) >= 11 is 14.2. The third kappa shape index (κ3) is 3.57. The molecule has 1 aromatic carbocycles. The van der Waals surface area contributed by atoms with E-state index < -0.39 is 0 Å². The molecule has 1 aromatic heterocycles. The molecule has 2 rings (SSSR count). The number of thiophene rings is 1. The maximum atomic E-state index is 11.9. The lowest BCUT2D eigenvalue weighted by Crippen LogP contribution is -2.22. The Bertz CT molecular complexity index is 585. The molecule has 1 heterocycles. The van der Waals surface area contributed by atoms with Gasteiger partial charge in [0.1, 0.15) is 0 Å². The topological polar surface area (TPSA) is 29.1 Å². The van der Waals surface area contributed by atoms with E-state index >= 15 is 0 Å². The zero-order valence-corrected chi connectivity index (χ0v) is 13.8. The zero-order valence-electron chi connectivity index (χ0n) is 9.04. The minimum absolute atomic E-state index is 0.114. The highest BCUT2D eigenvalue weighted by Crippen LogP contribution is 2.23. The van der Waals surface area contributed by atoms with Crippen LogP contribution in [-0.2, 0) is 6.54 Å². The standard InChI is InChI=1S/C12H8Br2ClNOS/c13-8-4-9(18-6-8)5-16-12(17)7-1-2-11(15)10(14)3-7/h1-4,6H,5H2,(H,16,17). The second kappa shape index (κ2) is 6.19. The van der Waals surface area contributed by atoms with Crippen molar-refractivity contribution < 1.29 is 4.79 Å². The normalized spacial score (nSPS) is 10.4. The number of rotatable bonds is 3. The minimum atomic E-state index is -0.114. The first-order valence-electron chi connectivity index (χ1n) is 5.02. The van der Waals surface area contributed by atoms with Crippen molar-refractivity contribution in [1.29, 1.82) is 0 Å². The first-order chi connectivity index (χ1) is 8.56. The summed E-state index contributed by atoms with van der Waals surface area (Å²) in [6, 6.07) is 7.10. The molecule has 94 valence electrons. The highest BCUT2D eigenvalue weighted by atomic mass is 79.9. The predicted molar refractivity (Wildman–Crippen MR) is 82.3 cm³/mol. The van der Waals surface area contributed by atoms with E-state index in [1.807, 2.05) is 11.4 Å². The molecule has 18 heavy (non-hydrogen) atoms. The molecule has 1 amide bonds. The van der Waals surface area contributed by atoms with Crippen LogP contribution in [0.4, 0.5) is 0 Å². The number of halogens is 3. The molecule has 0 saturated carbocycles. The summed E-state index contributed by atoms with van der Waals surface area (Å²) < 4.78 is 1.75. The average Bonchev–Trinajstić information content (AvgIpc) is 2.75. The fourth-order valence-corrected chi connectivity index (χ4v) is 3.24. The van der Waals surface area contributed by atoms with Crippen molar-refractivity contribution in [3.63, 3.8) is 0 Å². The lowest BCUT2D eigenvalue weighted by atomic mass is 10.2. The highest BCUT2D eigenvalue weighted by molar-refractivity contribution is 9.10. The van der Waals surface area contributed by atoms with E-state index in [0.29, 0.717) is 17.1 Å². The van der Waals surface area contributed by atoms with E-state index in [-0.39, 0.29) is 5.91 Å². The van der Waals surface area contributed by atoms with E-state index in [2.05, 4.69) is 37.2 Å². The summed E-state index contributed by atoms with van der Waals surface area (Å²) in [4.78, 5) is 13.0. The van der Waals surface area contributed by atoms with Crippen LogP contribution in [0.15, 0.2) is 38.6 Å². The molecule has 0 aliphatic carbocycles. The van der Waals surface area contributed by atoms with Gasteiger partial charge in [-0.3, -0.25) is 4.79 Å². The van der Waals surface area contributed by atoms with Gasteiger partial charge in [-0.05, 0) is 56.1 Å². The Hall–Kier alpha value is -0.360. The third-order valence-electron chi connectivity index (χ3n) is 2.23. The molecule has 0 bridgehead atoms. The lowest BCUT2D eigenvalue weighted by molar-refractivity contribution is 0.0951. The first-order valence-corrected chi connectivity index (χ1v) is 7.87. The Labute approximate surface area is 131 Å². The molecule has 6 heteroatoms. The molecule has 0 aliphatic rings. The first kappa shape index (κ1) is 14.1. The van der Waals surface area contributed by atoms with Crippen LogP contribution in [0.3, 0.4) is 0 Å². The summed E-state index contributed by atoms with van der Waals surface area (Å²) in [5.41, 5.74) is 0.585. The van der Waals surface area contributed by atoms with Gasteiger partial charge in [0.25, 0.3) is 5.91 Å². The van der Waals surface area contributed by atoms with E-state index in [0.717, 1.165) is 13.8 Å². The van der Waals surface area contributed by atoms with Gasteiger partial charge in [0.05, 0.1) is 11.6 Å². The third-order valence-corrected chi connectivity index (χ3v) is 5.14. The Balaban J connectivity index is 2.01. The maximum absolute atomic E-state index is 11.9. The van der Waals surface area contributed by atoms with Gasteiger partial charge in [-0.1, -0.05) is 11.6 Å². The Morgan fingerprint density at radius 3 is 2.72 bits per heavy atom. The van der Waals surface area contributed by atoms with Gasteiger partial charge in [0, 0.05) is 24.8 Å².